The normalized spacial score (nSPS) is 16.5. The molecule has 5 nitrogen and oxygen atoms in total. The van der Waals surface area contributed by atoms with Crippen LogP contribution in [0, 0.1) is 5.41 Å². The van der Waals surface area contributed by atoms with Crippen molar-refractivity contribution in [3.63, 3.8) is 0 Å². The number of halogens is 1. The Kier molecular flexibility index (Phi) is 7.22. The highest BCUT2D eigenvalue weighted by atomic mass is 35.5. The van der Waals surface area contributed by atoms with E-state index in [1.54, 1.807) is 13.2 Å². The smallest absolute Gasteiger partial charge is 0.254 e. The minimum atomic E-state index is -0.0860. The summed E-state index contributed by atoms with van der Waals surface area (Å²) in [6.07, 6.45) is 7.27. The highest BCUT2D eigenvalue weighted by Crippen LogP contribution is 2.40. The summed E-state index contributed by atoms with van der Waals surface area (Å²) in [5, 5.41) is 3.03. The van der Waals surface area contributed by atoms with Gasteiger partial charge in [0.1, 0.15) is 12.0 Å². The van der Waals surface area contributed by atoms with Gasteiger partial charge in [0.15, 0.2) is 0 Å². The van der Waals surface area contributed by atoms with Crippen LogP contribution in [-0.4, -0.2) is 26.2 Å². The molecule has 0 atom stereocenters. The number of hydrogen-bond donors (Lipinski definition) is 2. The molecule has 1 saturated carbocycles. The predicted octanol–water partition coefficient (Wildman–Crippen LogP) is 2.49. The summed E-state index contributed by atoms with van der Waals surface area (Å²) in [6.45, 7) is 1.77. The molecule has 1 aromatic rings. The number of hydrogen-bond acceptors (Lipinski definition) is 4. The van der Waals surface area contributed by atoms with Gasteiger partial charge in [0.25, 0.3) is 5.91 Å². The van der Waals surface area contributed by atoms with Crippen LogP contribution in [-0.2, 0) is 11.3 Å². The summed E-state index contributed by atoms with van der Waals surface area (Å²) in [5.74, 6) is 0.544. The van der Waals surface area contributed by atoms with Gasteiger partial charge < -0.3 is 20.2 Å². The quantitative estimate of drug-likeness (QED) is 0.810. The Morgan fingerprint density at radius 1 is 1.48 bits per heavy atom. The van der Waals surface area contributed by atoms with Crippen molar-refractivity contribution >= 4 is 18.3 Å². The maximum atomic E-state index is 12.1. The van der Waals surface area contributed by atoms with E-state index in [-0.39, 0.29) is 23.7 Å². The van der Waals surface area contributed by atoms with Gasteiger partial charge in [-0.2, -0.15) is 0 Å². The average Bonchev–Trinajstić information content (AvgIpc) is 3.12. The lowest BCUT2D eigenvalue weighted by Crippen LogP contribution is -2.36. The van der Waals surface area contributed by atoms with E-state index in [2.05, 4.69) is 5.32 Å². The molecule has 0 spiro atoms. The molecule has 1 aliphatic rings. The van der Waals surface area contributed by atoms with Crippen molar-refractivity contribution in [3.05, 3.63) is 23.7 Å². The van der Waals surface area contributed by atoms with Crippen LogP contribution in [0.25, 0.3) is 0 Å². The Balaban J connectivity index is 0.00000220. The molecule has 21 heavy (non-hydrogen) atoms. The lowest BCUT2D eigenvalue weighted by Gasteiger charge is -2.28. The maximum Gasteiger partial charge on any atom is 0.254 e. The summed E-state index contributed by atoms with van der Waals surface area (Å²) in [7, 11) is 1.72. The van der Waals surface area contributed by atoms with Crippen molar-refractivity contribution in [2.75, 3.05) is 20.3 Å². The van der Waals surface area contributed by atoms with E-state index in [0.29, 0.717) is 24.4 Å². The van der Waals surface area contributed by atoms with Gasteiger partial charge in [0, 0.05) is 20.3 Å². The number of furan rings is 1. The minimum Gasteiger partial charge on any atom is -0.467 e. The molecule has 1 amide bonds. The molecular weight excluding hydrogens is 292 g/mol. The van der Waals surface area contributed by atoms with E-state index in [1.165, 1.54) is 19.1 Å². The number of rotatable bonds is 7. The second kappa shape index (κ2) is 8.41. The maximum absolute atomic E-state index is 12.1. The molecule has 1 heterocycles. The number of carbonyl (C=O) groups excluding carboxylic acids is 1. The number of amides is 1. The van der Waals surface area contributed by atoms with Gasteiger partial charge in [-0.25, -0.2) is 0 Å². The molecular formula is C15H25ClN2O3. The topological polar surface area (TPSA) is 77.5 Å². The first-order valence-electron chi connectivity index (χ1n) is 7.24. The van der Waals surface area contributed by atoms with E-state index >= 15 is 0 Å². The third-order valence-electron chi connectivity index (χ3n) is 4.24. The standard InChI is InChI=1S/C15H24N2O3.ClH/c1-19-7-6-15(4-2-3-5-15)11-17-14(18)12-8-13(9-16)20-10-12;/h8,10H,2-7,9,11,16H2,1H3,(H,17,18);1H. The molecule has 0 aliphatic heterocycles. The van der Waals surface area contributed by atoms with Crippen LogP contribution in [0.2, 0.25) is 0 Å². The molecule has 0 aromatic carbocycles. The van der Waals surface area contributed by atoms with Crippen LogP contribution in [0.3, 0.4) is 0 Å². The minimum absolute atomic E-state index is 0. The monoisotopic (exact) mass is 316 g/mol. The number of methoxy groups -OCH3 is 1. The van der Waals surface area contributed by atoms with Crippen molar-refractivity contribution < 1.29 is 13.9 Å². The van der Waals surface area contributed by atoms with E-state index in [4.69, 9.17) is 14.9 Å². The molecule has 2 rings (SSSR count). The molecule has 120 valence electrons. The largest absolute Gasteiger partial charge is 0.467 e. The lowest BCUT2D eigenvalue weighted by atomic mass is 9.83. The summed E-state index contributed by atoms with van der Waals surface area (Å²) < 4.78 is 10.4. The van der Waals surface area contributed by atoms with Gasteiger partial charge in [-0.05, 0) is 30.7 Å². The number of ether oxygens (including phenoxy) is 1. The van der Waals surface area contributed by atoms with Crippen LogP contribution in [0.1, 0.15) is 48.2 Å². The predicted molar refractivity (Wildman–Crippen MR) is 83.6 cm³/mol. The average molecular weight is 317 g/mol. The second-order valence-corrected chi connectivity index (χ2v) is 5.64. The Bertz CT molecular complexity index is 442. The van der Waals surface area contributed by atoms with Gasteiger partial charge in [-0.15, -0.1) is 12.4 Å². The first kappa shape index (κ1) is 18.0. The highest BCUT2D eigenvalue weighted by molar-refractivity contribution is 5.94. The Morgan fingerprint density at radius 3 is 2.76 bits per heavy atom. The summed E-state index contributed by atoms with van der Waals surface area (Å²) in [4.78, 5) is 12.1. The van der Waals surface area contributed by atoms with Gasteiger partial charge in [0.05, 0.1) is 12.1 Å². The van der Waals surface area contributed by atoms with E-state index in [9.17, 15) is 4.79 Å². The first-order chi connectivity index (χ1) is 9.69. The Morgan fingerprint density at radius 2 is 2.19 bits per heavy atom. The molecule has 1 aliphatic carbocycles. The van der Waals surface area contributed by atoms with Crippen LogP contribution in [0.5, 0.6) is 0 Å². The van der Waals surface area contributed by atoms with E-state index in [1.807, 2.05) is 0 Å². The molecule has 0 radical (unpaired) electrons. The molecule has 3 N–H and O–H groups in total. The third kappa shape index (κ3) is 4.73. The zero-order chi connectivity index (χ0) is 14.4. The highest BCUT2D eigenvalue weighted by Gasteiger charge is 2.33. The van der Waals surface area contributed by atoms with Crippen molar-refractivity contribution in [2.24, 2.45) is 11.1 Å². The number of carbonyl (C=O) groups is 1. The van der Waals surface area contributed by atoms with Crippen LogP contribution < -0.4 is 11.1 Å². The summed E-state index contributed by atoms with van der Waals surface area (Å²) in [5.41, 5.74) is 6.22. The van der Waals surface area contributed by atoms with Crippen LogP contribution in [0.4, 0.5) is 0 Å². The molecule has 0 unspecified atom stereocenters. The van der Waals surface area contributed by atoms with Gasteiger partial charge in [0.2, 0.25) is 0 Å². The third-order valence-corrected chi connectivity index (χ3v) is 4.24. The fraction of sp³-hybridized carbons (Fsp3) is 0.667. The van der Waals surface area contributed by atoms with E-state index < -0.39 is 0 Å². The molecule has 6 heteroatoms. The second-order valence-electron chi connectivity index (χ2n) is 5.64. The zero-order valence-corrected chi connectivity index (χ0v) is 13.3. The van der Waals surface area contributed by atoms with Gasteiger partial charge >= 0.3 is 0 Å². The Labute approximate surface area is 132 Å². The number of nitrogens with one attached hydrogen (secondary N) is 1. The molecule has 0 saturated heterocycles. The van der Waals surface area contributed by atoms with Gasteiger partial charge in [-0.1, -0.05) is 12.8 Å². The number of nitrogens with two attached hydrogens (primary N) is 1. The van der Waals surface area contributed by atoms with Crippen molar-refractivity contribution in [1.29, 1.82) is 0 Å². The molecule has 0 bridgehead atoms. The molecule has 1 fully saturated rings. The van der Waals surface area contributed by atoms with Gasteiger partial charge in [-0.3, -0.25) is 4.79 Å². The summed E-state index contributed by atoms with van der Waals surface area (Å²) in [6, 6.07) is 1.70. The SMILES string of the molecule is COCCC1(CNC(=O)c2coc(CN)c2)CCCC1.Cl. The fourth-order valence-electron chi connectivity index (χ4n) is 2.94. The first-order valence-corrected chi connectivity index (χ1v) is 7.24. The lowest BCUT2D eigenvalue weighted by molar-refractivity contribution is 0.0902. The summed E-state index contributed by atoms with van der Waals surface area (Å²) >= 11 is 0. The Hall–Kier alpha value is -1.04. The van der Waals surface area contributed by atoms with Crippen LogP contribution in [0.15, 0.2) is 16.7 Å². The van der Waals surface area contributed by atoms with Crippen LogP contribution >= 0.6 is 12.4 Å². The van der Waals surface area contributed by atoms with Crippen molar-refractivity contribution in [3.8, 4) is 0 Å². The molecule has 1 aromatic heterocycles. The van der Waals surface area contributed by atoms with Crippen molar-refractivity contribution in [2.45, 2.75) is 38.6 Å². The zero-order valence-electron chi connectivity index (χ0n) is 12.5. The van der Waals surface area contributed by atoms with E-state index in [0.717, 1.165) is 25.9 Å². The fourth-order valence-corrected chi connectivity index (χ4v) is 2.94. The van der Waals surface area contributed by atoms with Crippen molar-refractivity contribution in [1.82, 2.24) is 5.32 Å².